The van der Waals surface area contributed by atoms with Gasteiger partial charge in [-0.1, -0.05) is 80.8 Å². The molecule has 0 amide bonds. The Balaban J connectivity index is 1.27. The molecule has 0 aliphatic carbocycles. The Hall–Kier alpha value is -9.16. The van der Waals surface area contributed by atoms with Gasteiger partial charge in [0.2, 0.25) is 16.1 Å². The van der Waals surface area contributed by atoms with E-state index in [2.05, 4.69) is 136 Å². The van der Waals surface area contributed by atoms with Gasteiger partial charge in [0.15, 0.2) is 17.5 Å². The Morgan fingerprint density at radius 1 is 0.814 bits per heavy atom. The second kappa shape index (κ2) is 28.6. The highest BCUT2D eigenvalue weighted by Gasteiger charge is 2.31. The Morgan fingerprint density at radius 3 is 2.07 bits per heavy atom. The molecule has 5 aromatic heterocycles. The third-order valence-electron chi connectivity index (χ3n) is 13.7. The van der Waals surface area contributed by atoms with Crippen LogP contribution in [0.25, 0.3) is 15.1 Å². The van der Waals surface area contributed by atoms with Crippen molar-refractivity contribution >= 4 is 98.4 Å². The van der Waals surface area contributed by atoms with Gasteiger partial charge in [-0.3, -0.25) is 9.59 Å². The lowest BCUT2D eigenvalue weighted by molar-refractivity contribution is -0.142. The number of thioether (sulfide) groups is 1. The predicted octanol–water partition coefficient (Wildman–Crippen LogP) is 14.2. The number of carboxylic acid groups (broad SMARTS) is 2. The smallest absolute Gasteiger partial charge is 0.317 e. The number of pyridine rings is 2. The summed E-state index contributed by atoms with van der Waals surface area (Å²) in [5, 5.41) is 86.4. The van der Waals surface area contributed by atoms with Crippen LogP contribution in [-0.2, 0) is 19.7 Å². The van der Waals surface area contributed by atoms with Crippen molar-refractivity contribution in [3.63, 3.8) is 0 Å². The molecular weight excluding hydrogens is 1130 g/mol. The van der Waals surface area contributed by atoms with Gasteiger partial charge in [0.05, 0.1) is 24.3 Å². The number of carboxylic acids is 2. The van der Waals surface area contributed by atoms with Gasteiger partial charge < -0.3 is 35.8 Å². The number of ether oxygens (including phenoxy) is 1. The topological polar surface area (TPSA) is 312 Å². The number of nitrogens with zero attached hydrogens (tertiary/aromatic N) is 16. The summed E-state index contributed by atoms with van der Waals surface area (Å²) in [6.45, 7) is 34.2. The number of aliphatic carboxylic acids is 2. The minimum Gasteiger partial charge on any atom is -0.481 e. The van der Waals surface area contributed by atoms with E-state index in [0.29, 0.717) is 60.3 Å². The maximum atomic E-state index is 11.7. The fraction of sp³-hybridized carbons (Fsp3) is 0.417. The summed E-state index contributed by atoms with van der Waals surface area (Å²) in [6, 6.07) is 15.2. The van der Waals surface area contributed by atoms with Gasteiger partial charge >= 0.3 is 11.9 Å². The predicted molar refractivity (Wildman–Crippen MR) is 336 cm³/mol. The molecule has 0 fully saturated rings. The SMILES string of the molecule is [C-]#[N+]c1cn(-c2nnc(-n3nc(C(C)(C)C)c(C#N)c3N=Nc3c(C)cc(N(CCCC)c4c(C)cc(C)cc4C)nc3Nc3c(C)cc(C)cc3C)s2)nc1N=Nc1c(NCCCSC(CC(=O)O)C(=O)O)nc(NCCCOC)c(C#N)c1C. The normalized spacial score (nSPS) is 11.9. The molecule has 7 aromatic rings. The summed E-state index contributed by atoms with van der Waals surface area (Å²) in [6.07, 6.45) is 3.87. The lowest BCUT2D eigenvalue weighted by Crippen LogP contribution is -2.22. The Bertz CT molecular complexity index is 3810. The van der Waals surface area contributed by atoms with E-state index in [-0.39, 0.29) is 56.8 Å². The van der Waals surface area contributed by atoms with Gasteiger partial charge in [-0.15, -0.1) is 42.4 Å². The van der Waals surface area contributed by atoms with Gasteiger partial charge in [-0.05, 0) is 114 Å². The maximum absolute atomic E-state index is 11.7. The molecule has 0 spiro atoms. The molecule has 0 bridgehead atoms. The minimum absolute atomic E-state index is 0.0114. The third kappa shape index (κ3) is 15.2. The van der Waals surface area contributed by atoms with Crippen LogP contribution >= 0.6 is 23.1 Å². The van der Waals surface area contributed by atoms with Crippen LogP contribution in [0.1, 0.15) is 121 Å². The van der Waals surface area contributed by atoms with E-state index in [4.69, 9.17) is 36.6 Å². The zero-order chi connectivity index (χ0) is 62.6. The van der Waals surface area contributed by atoms with Crippen molar-refractivity contribution in [2.75, 3.05) is 60.0 Å². The summed E-state index contributed by atoms with van der Waals surface area (Å²) in [4.78, 5) is 38.9. The number of benzene rings is 2. The summed E-state index contributed by atoms with van der Waals surface area (Å²) in [7, 11) is 1.59. The molecule has 0 radical (unpaired) electrons. The molecule has 1 atom stereocenters. The van der Waals surface area contributed by atoms with Crippen LogP contribution in [0.3, 0.4) is 0 Å². The molecular formula is C60H71N19O5S2. The fourth-order valence-electron chi connectivity index (χ4n) is 9.71. The molecule has 0 saturated heterocycles. The number of aromatic nitrogens is 8. The van der Waals surface area contributed by atoms with E-state index in [0.717, 1.165) is 93.1 Å². The first-order chi connectivity index (χ1) is 41.0. The second-order valence-corrected chi connectivity index (χ2v) is 24.0. The molecule has 86 heavy (non-hydrogen) atoms. The molecule has 24 nitrogen and oxygen atoms in total. The van der Waals surface area contributed by atoms with Gasteiger partial charge in [0, 0.05) is 61.9 Å². The quantitative estimate of drug-likeness (QED) is 0.0181. The summed E-state index contributed by atoms with van der Waals surface area (Å²) in [5.74, 6) is -0.339. The highest BCUT2D eigenvalue weighted by Crippen LogP contribution is 2.42. The summed E-state index contributed by atoms with van der Waals surface area (Å²) in [5.41, 5.74) is 10.7. The zero-order valence-corrected chi connectivity index (χ0v) is 52.3. The molecule has 0 aliphatic rings. The van der Waals surface area contributed by atoms with Gasteiger partial charge in [0.25, 0.3) is 5.69 Å². The van der Waals surface area contributed by atoms with E-state index >= 15 is 0 Å². The first-order valence-corrected chi connectivity index (χ1v) is 29.8. The third-order valence-corrected chi connectivity index (χ3v) is 15.9. The molecule has 26 heteroatoms. The van der Waals surface area contributed by atoms with Crippen molar-refractivity contribution in [2.24, 2.45) is 20.5 Å². The number of aryl methyl sites for hydroxylation is 7. The molecule has 5 N–H and O–H groups in total. The Morgan fingerprint density at radius 2 is 1.45 bits per heavy atom. The summed E-state index contributed by atoms with van der Waals surface area (Å²) < 4.78 is 7.95. The van der Waals surface area contributed by atoms with E-state index in [1.807, 2.05) is 33.8 Å². The first-order valence-electron chi connectivity index (χ1n) is 27.9. The van der Waals surface area contributed by atoms with Crippen LogP contribution in [0.15, 0.2) is 57.0 Å². The van der Waals surface area contributed by atoms with Crippen molar-refractivity contribution in [3.05, 3.63) is 109 Å². The number of hydrogen-bond acceptors (Lipinski definition) is 21. The standard InChI is InChI=1S/C60H71N19O5S2/c1-15-16-21-77(50-38(7)26-34(3)27-39(50)8)45-28-37(6)48(55(66-45)67-47-35(4)24-33(2)25-36(47)5)69-72-56-42(31-62)51(60(10,11)12)75-79(56)59-74-73-58(86-59)78-32-43(63-13)53(76-78)71-70-49-40(9)41(30-61)52(64-19-17-22-84-14)68-54(49)65-20-18-23-85-44(57(82)83)29-46(80)81/h24-28,32,44H,15-23,29H2,1-12,14H3,(H,66,67)(H,80,81)(H,82,83)(H2,64,65,68). The first kappa shape index (κ1) is 64.4. The number of methoxy groups -OCH3 is 1. The van der Waals surface area contributed by atoms with Gasteiger partial charge in [0.1, 0.15) is 46.0 Å². The number of unbranched alkanes of at least 4 members (excludes halogenated alkanes) is 1. The van der Waals surface area contributed by atoms with Crippen LogP contribution in [-0.4, -0.2) is 106 Å². The van der Waals surface area contributed by atoms with Gasteiger partial charge in [-0.2, -0.15) is 25.4 Å². The number of nitrogens with one attached hydrogen (secondary N) is 3. The summed E-state index contributed by atoms with van der Waals surface area (Å²) >= 11 is 2.08. The fourth-order valence-corrected chi connectivity index (χ4v) is 11.4. The molecule has 448 valence electrons. The van der Waals surface area contributed by atoms with Crippen molar-refractivity contribution in [3.8, 4) is 22.4 Å². The molecule has 0 aliphatic heterocycles. The van der Waals surface area contributed by atoms with Crippen molar-refractivity contribution in [2.45, 2.75) is 126 Å². The lowest BCUT2D eigenvalue weighted by Gasteiger charge is -2.29. The minimum atomic E-state index is -1.21. The van der Waals surface area contributed by atoms with Crippen molar-refractivity contribution < 1.29 is 24.5 Å². The Kier molecular flexibility index (Phi) is 21.4. The number of nitriles is 2. The van der Waals surface area contributed by atoms with E-state index in [9.17, 15) is 30.3 Å². The van der Waals surface area contributed by atoms with E-state index < -0.39 is 29.0 Å². The van der Waals surface area contributed by atoms with Crippen LogP contribution in [0.2, 0.25) is 0 Å². The zero-order valence-electron chi connectivity index (χ0n) is 50.7. The van der Waals surface area contributed by atoms with E-state index in [1.54, 1.807) is 14.0 Å². The lowest BCUT2D eigenvalue weighted by atomic mass is 9.90. The number of hydrogen-bond donors (Lipinski definition) is 5. The Labute approximate surface area is 508 Å². The number of carbonyl (C=O) groups is 2. The molecule has 2 aromatic carbocycles. The average molecular weight is 1200 g/mol. The van der Waals surface area contributed by atoms with Gasteiger partial charge in [-0.25, -0.2) is 19.5 Å². The monoisotopic (exact) mass is 1200 g/mol. The van der Waals surface area contributed by atoms with Crippen LogP contribution in [0.5, 0.6) is 0 Å². The highest BCUT2D eigenvalue weighted by molar-refractivity contribution is 8.00. The molecule has 7 rings (SSSR count). The largest absolute Gasteiger partial charge is 0.481 e. The molecule has 1 unspecified atom stereocenters. The number of rotatable bonds is 27. The average Bonchev–Trinajstić information content (AvgIpc) is 1.74. The molecule has 0 saturated carbocycles. The highest BCUT2D eigenvalue weighted by atomic mass is 32.2. The van der Waals surface area contributed by atoms with Crippen LogP contribution < -0.4 is 20.9 Å². The second-order valence-electron chi connectivity index (χ2n) is 21.7. The van der Waals surface area contributed by atoms with Crippen LogP contribution in [0, 0.1) is 84.6 Å². The number of azo groups is 2. The van der Waals surface area contributed by atoms with Crippen molar-refractivity contribution in [1.82, 2.24) is 39.7 Å². The number of anilines is 6. The van der Waals surface area contributed by atoms with Crippen LogP contribution in [0.4, 0.5) is 63.3 Å². The van der Waals surface area contributed by atoms with Crippen molar-refractivity contribution in [1.29, 1.82) is 10.5 Å². The molecule has 5 heterocycles. The van der Waals surface area contributed by atoms with E-state index in [1.165, 1.54) is 21.1 Å². The maximum Gasteiger partial charge on any atom is 0.317 e.